The van der Waals surface area contributed by atoms with Crippen LogP contribution in [0.3, 0.4) is 0 Å². The second-order valence-corrected chi connectivity index (χ2v) is 6.10. The molecule has 1 N–H and O–H groups in total. The maximum absolute atomic E-state index is 9.66. The van der Waals surface area contributed by atoms with E-state index in [0.29, 0.717) is 24.0 Å². The van der Waals surface area contributed by atoms with Crippen molar-refractivity contribution in [2.75, 3.05) is 13.7 Å². The molecule has 0 radical (unpaired) electrons. The monoisotopic (exact) mass is 288 g/mol. The smallest absolute Gasteiger partial charge is 0.161 e. The number of rotatable bonds is 7. The molecule has 1 atom stereocenters. The third-order valence-corrected chi connectivity index (χ3v) is 3.79. The highest BCUT2D eigenvalue weighted by molar-refractivity contribution is 5.42. The van der Waals surface area contributed by atoms with E-state index in [1.165, 1.54) is 0 Å². The highest BCUT2D eigenvalue weighted by Crippen LogP contribution is 2.40. The molecule has 1 aromatic carbocycles. The summed E-state index contributed by atoms with van der Waals surface area (Å²) < 4.78 is 11.3. The minimum atomic E-state index is -0.607. The summed E-state index contributed by atoms with van der Waals surface area (Å²) in [5.41, 5.74) is 0.512. The Morgan fingerprint density at radius 2 is 2.10 bits per heavy atom. The van der Waals surface area contributed by atoms with E-state index >= 15 is 0 Å². The van der Waals surface area contributed by atoms with Crippen molar-refractivity contribution >= 4 is 0 Å². The number of hydrogen-bond acceptors (Lipinski definition) is 4. The van der Waals surface area contributed by atoms with Crippen LogP contribution in [0.2, 0.25) is 0 Å². The van der Waals surface area contributed by atoms with Crippen molar-refractivity contribution in [3.8, 4) is 17.6 Å². The lowest BCUT2D eigenvalue weighted by Crippen LogP contribution is -2.53. The zero-order valence-corrected chi connectivity index (χ0v) is 13.3. The summed E-state index contributed by atoms with van der Waals surface area (Å²) in [7, 11) is 1.63. The summed E-state index contributed by atoms with van der Waals surface area (Å²) in [6, 6.07) is 8.52. The Morgan fingerprint density at radius 3 is 2.62 bits per heavy atom. The summed E-state index contributed by atoms with van der Waals surface area (Å²) in [6.45, 7) is 6.46. The zero-order valence-electron chi connectivity index (χ0n) is 13.3. The van der Waals surface area contributed by atoms with Gasteiger partial charge in [-0.05, 0) is 57.2 Å². The lowest BCUT2D eigenvalue weighted by atomic mass is 9.95. The molecule has 0 aromatic heterocycles. The van der Waals surface area contributed by atoms with E-state index in [2.05, 4.69) is 25.2 Å². The molecule has 114 valence electrons. The van der Waals surface area contributed by atoms with E-state index in [0.717, 1.165) is 18.4 Å². The van der Waals surface area contributed by atoms with Crippen LogP contribution in [-0.4, -0.2) is 25.3 Å². The molecular formula is C17H24N2O2. The van der Waals surface area contributed by atoms with Crippen molar-refractivity contribution in [2.45, 2.75) is 45.2 Å². The fraction of sp³-hybridized carbons (Fsp3) is 0.588. The van der Waals surface area contributed by atoms with Gasteiger partial charge in [0, 0.05) is 6.04 Å². The Bertz CT molecular complexity index is 532. The number of nitrogens with zero attached hydrogens (tertiary/aromatic N) is 1. The van der Waals surface area contributed by atoms with E-state index in [1.807, 2.05) is 25.1 Å². The Balaban J connectivity index is 2.14. The number of methoxy groups -OCH3 is 1. The van der Waals surface area contributed by atoms with Gasteiger partial charge >= 0.3 is 0 Å². The summed E-state index contributed by atoms with van der Waals surface area (Å²) in [5, 5.41) is 13.1. The molecule has 21 heavy (non-hydrogen) atoms. The molecule has 4 nitrogen and oxygen atoms in total. The van der Waals surface area contributed by atoms with Crippen LogP contribution in [0, 0.1) is 24.2 Å². The Kier molecular flexibility index (Phi) is 4.74. The van der Waals surface area contributed by atoms with Crippen molar-refractivity contribution < 1.29 is 9.47 Å². The molecule has 1 aliphatic rings. The van der Waals surface area contributed by atoms with E-state index < -0.39 is 5.54 Å². The first-order chi connectivity index (χ1) is 10.0. The van der Waals surface area contributed by atoms with Crippen LogP contribution < -0.4 is 14.8 Å². The largest absolute Gasteiger partial charge is 0.493 e. The molecule has 0 spiro atoms. The Hall–Kier alpha value is -1.73. The van der Waals surface area contributed by atoms with Crippen LogP contribution in [0.1, 0.15) is 32.3 Å². The van der Waals surface area contributed by atoms with Gasteiger partial charge in [0.25, 0.3) is 0 Å². The predicted molar refractivity (Wildman–Crippen MR) is 82.6 cm³/mol. The number of nitriles is 1. The fourth-order valence-electron chi connectivity index (χ4n) is 2.61. The highest BCUT2D eigenvalue weighted by atomic mass is 16.5. The summed E-state index contributed by atoms with van der Waals surface area (Å²) in [5.74, 6) is 1.78. The Labute approximate surface area is 127 Å². The lowest BCUT2D eigenvalue weighted by molar-refractivity contribution is 0.187. The molecule has 1 aliphatic carbocycles. The number of hydrogen-bond donors (Lipinski definition) is 1. The van der Waals surface area contributed by atoms with Gasteiger partial charge in [-0.3, -0.25) is 5.32 Å². The SMILES string of the molecule is COc1cc(C)ccc1OCC(C#N)(NC(C)C)C1CC1. The van der Waals surface area contributed by atoms with Crippen LogP contribution >= 0.6 is 0 Å². The lowest BCUT2D eigenvalue weighted by Gasteiger charge is -2.30. The number of aryl methyl sites for hydroxylation is 1. The van der Waals surface area contributed by atoms with Crippen molar-refractivity contribution in [3.05, 3.63) is 23.8 Å². The third-order valence-electron chi connectivity index (χ3n) is 3.79. The van der Waals surface area contributed by atoms with Crippen LogP contribution in [-0.2, 0) is 0 Å². The summed E-state index contributed by atoms with van der Waals surface area (Å²) >= 11 is 0. The van der Waals surface area contributed by atoms with Gasteiger partial charge in [0.1, 0.15) is 12.1 Å². The predicted octanol–water partition coefficient (Wildman–Crippen LogP) is 3.05. The molecule has 0 bridgehead atoms. The number of nitrogens with one attached hydrogen (secondary N) is 1. The topological polar surface area (TPSA) is 54.3 Å². The van der Waals surface area contributed by atoms with Gasteiger partial charge in [-0.25, -0.2) is 0 Å². The molecule has 4 heteroatoms. The van der Waals surface area contributed by atoms with Crippen molar-refractivity contribution in [1.29, 1.82) is 5.26 Å². The third kappa shape index (κ3) is 3.68. The molecule has 1 saturated carbocycles. The van der Waals surface area contributed by atoms with Gasteiger partial charge in [0.2, 0.25) is 0 Å². The number of benzene rings is 1. The van der Waals surface area contributed by atoms with Gasteiger partial charge < -0.3 is 9.47 Å². The van der Waals surface area contributed by atoms with E-state index in [1.54, 1.807) is 7.11 Å². The zero-order chi connectivity index (χ0) is 15.5. The molecule has 0 saturated heterocycles. The normalized spacial score (nSPS) is 17.1. The standard InChI is InChI=1S/C17H24N2O2/c1-12(2)19-17(10-18,14-6-7-14)11-21-15-8-5-13(3)9-16(15)20-4/h5,8-9,12,14,19H,6-7,11H2,1-4H3. The maximum atomic E-state index is 9.66. The summed E-state index contributed by atoms with van der Waals surface area (Å²) in [4.78, 5) is 0. The molecular weight excluding hydrogens is 264 g/mol. The van der Waals surface area contributed by atoms with E-state index in [4.69, 9.17) is 9.47 Å². The highest BCUT2D eigenvalue weighted by Gasteiger charge is 2.47. The average molecular weight is 288 g/mol. The molecule has 0 heterocycles. The van der Waals surface area contributed by atoms with Gasteiger partial charge in [-0.15, -0.1) is 0 Å². The average Bonchev–Trinajstić information content (AvgIpc) is 3.28. The number of ether oxygens (including phenoxy) is 2. The minimum Gasteiger partial charge on any atom is -0.493 e. The first-order valence-electron chi connectivity index (χ1n) is 7.47. The van der Waals surface area contributed by atoms with Gasteiger partial charge in [-0.2, -0.15) is 5.26 Å². The van der Waals surface area contributed by atoms with Crippen molar-refractivity contribution in [1.82, 2.24) is 5.32 Å². The summed E-state index contributed by atoms with van der Waals surface area (Å²) in [6.07, 6.45) is 2.17. The van der Waals surface area contributed by atoms with E-state index in [9.17, 15) is 5.26 Å². The Morgan fingerprint density at radius 1 is 1.38 bits per heavy atom. The van der Waals surface area contributed by atoms with Crippen molar-refractivity contribution in [2.24, 2.45) is 5.92 Å². The second-order valence-electron chi connectivity index (χ2n) is 6.10. The molecule has 0 amide bonds. The van der Waals surface area contributed by atoms with Gasteiger partial charge in [0.15, 0.2) is 11.5 Å². The maximum Gasteiger partial charge on any atom is 0.161 e. The molecule has 1 aromatic rings. The minimum absolute atomic E-state index is 0.244. The van der Waals surface area contributed by atoms with Crippen LogP contribution in [0.5, 0.6) is 11.5 Å². The van der Waals surface area contributed by atoms with Crippen LogP contribution in [0.25, 0.3) is 0 Å². The van der Waals surface area contributed by atoms with Crippen LogP contribution in [0.15, 0.2) is 18.2 Å². The molecule has 1 fully saturated rings. The first-order valence-corrected chi connectivity index (χ1v) is 7.47. The van der Waals surface area contributed by atoms with E-state index in [-0.39, 0.29) is 6.04 Å². The van der Waals surface area contributed by atoms with Gasteiger partial charge in [0.05, 0.1) is 13.2 Å². The fourth-order valence-corrected chi connectivity index (χ4v) is 2.61. The molecule has 0 aliphatic heterocycles. The van der Waals surface area contributed by atoms with Gasteiger partial charge in [-0.1, -0.05) is 6.07 Å². The second kappa shape index (κ2) is 6.36. The molecule has 2 rings (SSSR count). The molecule has 1 unspecified atom stereocenters. The quantitative estimate of drug-likeness (QED) is 0.838. The first kappa shape index (κ1) is 15.7. The van der Waals surface area contributed by atoms with Crippen LogP contribution in [0.4, 0.5) is 0 Å². The van der Waals surface area contributed by atoms with Crippen molar-refractivity contribution in [3.63, 3.8) is 0 Å².